The summed E-state index contributed by atoms with van der Waals surface area (Å²) in [5.74, 6) is 1.72. The highest BCUT2D eigenvalue weighted by atomic mass is 16.5. The van der Waals surface area contributed by atoms with E-state index in [1.807, 2.05) is 29.2 Å². The van der Waals surface area contributed by atoms with Gasteiger partial charge in [0.15, 0.2) is 0 Å². The molecule has 9 heteroatoms. The molecule has 0 unspecified atom stereocenters. The van der Waals surface area contributed by atoms with E-state index in [-0.39, 0.29) is 28.7 Å². The van der Waals surface area contributed by atoms with Crippen LogP contribution >= 0.6 is 0 Å². The molecule has 1 spiro atoms. The van der Waals surface area contributed by atoms with Crippen molar-refractivity contribution in [3.63, 3.8) is 0 Å². The van der Waals surface area contributed by atoms with Crippen LogP contribution in [0.4, 0.5) is 17.5 Å². The van der Waals surface area contributed by atoms with E-state index >= 15 is 0 Å². The van der Waals surface area contributed by atoms with Crippen molar-refractivity contribution in [3.05, 3.63) is 63.9 Å². The fourth-order valence-corrected chi connectivity index (χ4v) is 6.66. The highest BCUT2D eigenvalue weighted by molar-refractivity contribution is 5.94. The monoisotopic (exact) mass is 528 g/mol. The first-order chi connectivity index (χ1) is 18.8. The zero-order valence-electron chi connectivity index (χ0n) is 22.7. The molecule has 204 valence electrons. The molecule has 3 aromatic rings. The largest absolute Gasteiger partial charge is 0.497 e. The highest BCUT2D eigenvalue weighted by Gasteiger charge is 2.46. The zero-order valence-corrected chi connectivity index (χ0v) is 22.7. The first kappa shape index (κ1) is 25.4. The minimum absolute atomic E-state index is 0.0448. The molecule has 2 aromatic carbocycles. The van der Waals surface area contributed by atoms with Gasteiger partial charge in [-0.3, -0.25) is 14.2 Å². The molecular weight excluding hydrogens is 492 g/mol. The van der Waals surface area contributed by atoms with Crippen molar-refractivity contribution in [3.8, 4) is 16.9 Å². The van der Waals surface area contributed by atoms with E-state index in [1.54, 1.807) is 18.7 Å². The number of piperidine rings is 2. The van der Waals surface area contributed by atoms with E-state index in [0.717, 1.165) is 63.0 Å². The van der Waals surface area contributed by atoms with Gasteiger partial charge in [0.25, 0.3) is 5.56 Å². The van der Waals surface area contributed by atoms with Gasteiger partial charge in [0, 0.05) is 44.8 Å². The quantitative estimate of drug-likeness (QED) is 0.533. The van der Waals surface area contributed by atoms with Crippen molar-refractivity contribution in [2.24, 2.45) is 18.2 Å². The molecule has 1 atom stereocenters. The lowest BCUT2D eigenvalue weighted by molar-refractivity contribution is -0.119. The fraction of sp³-hybridized carbons (Fsp3) is 0.433. The Morgan fingerprint density at radius 3 is 2.46 bits per heavy atom. The van der Waals surface area contributed by atoms with Crippen molar-refractivity contribution < 1.29 is 9.53 Å². The smallest absolute Gasteiger partial charge is 0.264 e. The molecule has 39 heavy (non-hydrogen) atoms. The third-order valence-electron chi connectivity index (χ3n) is 9.02. The van der Waals surface area contributed by atoms with Gasteiger partial charge in [0.05, 0.1) is 12.7 Å². The number of amides is 1. The lowest BCUT2D eigenvalue weighted by Crippen LogP contribution is -2.46. The summed E-state index contributed by atoms with van der Waals surface area (Å²) in [4.78, 5) is 34.6. The van der Waals surface area contributed by atoms with Gasteiger partial charge >= 0.3 is 0 Å². The van der Waals surface area contributed by atoms with Crippen molar-refractivity contribution in [1.29, 1.82) is 0 Å². The number of ether oxygens (including phenoxy) is 1. The maximum atomic E-state index is 13.4. The van der Waals surface area contributed by atoms with Crippen LogP contribution in [0.2, 0.25) is 0 Å². The summed E-state index contributed by atoms with van der Waals surface area (Å²) in [7, 11) is 3.36. The number of hydrogen-bond acceptors (Lipinski definition) is 7. The molecule has 2 saturated heterocycles. The van der Waals surface area contributed by atoms with Crippen LogP contribution < -0.4 is 31.6 Å². The SMILES string of the molecule is COc1ccc(-c2c(N)nc(N3CCC4(CC3)Cc3ccc(N5CCCCC5=O)cc3[C@H]4N)n(C)c2=O)cc1. The molecule has 0 bridgehead atoms. The molecular formula is C30H36N6O3. The van der Waals surface area contributed by atoms with Gasteiger partial charge < -0.3 is 26.0 Å². The van der Waals surface area contributed by atoms with E-state index in [2.05, 4.69) is 28.1 Å². The number of carbonyl (C=O) groups is 1. The lowest BCUT2D eigenvalue weighted by Gasteiger charge is -2.42. The number of fused-ring (bicyclic) bond motifs is 1. The first-order valence-corrected chi connectivity index (χ1v) is 13.8. The standard InChI is InChI=1S/C30H36N6O3/c1-34-28(38)25(19-7-10-22(39-2)11-8-19)27(32)33-29(34)35-15-12-30(13-16-35)18-20-6-9-21(17-23(20)26(30)31)36-14-4-3-5-24(36)37/h6-11,17,26H,3-5,12-16,18,31-32H2,1-2H3/t26-/m1/s1. The van der Waals surface area contributed by atoms with E-state index in [4.69, 9.17) is 16.2 Å². The first-order valence-electron chi connectivity index (χ1n) is 13.8. The molecule has 1 aliphatic carbocycles. The zero-order chi connectivity index (χ0) is 27.3. The molecule has 6 rings (SSSR count). The predicted octanol–water partition coefficient (Wildman–Crippen LogP) is 3.40. The molecule has 1 amide bonds. The van der Waals surface area contributed by atoms with Gasteiger partial charge in [-0.1, -0.05) is 18.2 Å². The fourth-order valence-electron chi connectivity index (χ4n) is 6.66. The Balaban J connectivity index is 1.21. The Morgan fingerprint density at radius 1 is 1.03 bits per heavy atom. The van der Waals surface area contributed by atoms with Crippen molar-refractivity contribution in [2.45, 2.75) is 44.6 Å². The maximum Gasteiger partial charge on any atom is 0.264 e. The maximum absolute atomic E-state index is 13.4. The Kier molecular flexibility index (Phi) is 6.33. The molecule has 2 fully saturated rings. The van der Waals surface area contributed by atoms with Gasteiger partial charge in [-0.25, -0.2) is 0 Å². The number of anilines is 3. The summed E-state index contributed by atoms with van der Waals surface area (Å²) in [5, 5.41) is 0. The Morgan fingerprint density at radius 2 is 1.77 bits per heavy atom. The number of rotatable bonds is 4. The molecule has 4 N–H and O–H groups in total. The number of nitrogens with two attached hydrogens (primary N) is 2. The molecule has 1 aromatic heterocycles. The number of nitrogens with zero attached hydrogens (tertiary/aromatic N) is 4. The van der Waals surface area contributed by atoms with Gasteiger partial charge in [-0.15, -0.1) is 0 Å². The molecule has 0 saturated carbocycles. The Bertz CT molecular complexity index is 1470. The van der Waals surface area contributed by atoms with Gasteiger partial charge in [-0.05, 0) is 78.5 Å². The summed E-state index contributed by atoms with van der Waals surface area (Å²) in [5.41, 5.74) is 17.6. The third-order valence-corrected chi connectivity index (χ3v) is 9.02. The van der Waals surface area contributed by atoms with Crippen molar-refractivity contribution in [1.82, 2.24) is 9.55 Å². The van der Waals surface area contributed by atoms with Crippen LogP contribution in [0, 0.1) is 5.41 Å². The van der Waals surface area contributed by atoms with Crippen LogP contribution in [-0.2, 0) is 18.3 Å². The summed E-state index contributed by atoms with van der Waals surface area (Å²) in [6.07, 6.45) is 5.32. The number of aromatic nitrogens is 2. The Labute approximate surface area is 228 Å². The van der Waals surface area contributed by atoms with Crippen LogP contribution in [0.1, 0.15) is 49.3 Å². The number of benzene rings is 2. The van der Waals surface area contributed by atoms with Crippen LogP contribution in [-0.4, -0.2) is 42.2 Å². The molecule has 9 nitrogen and oxygen atoms in total. The summed E-state index contributed by atoms with van der Waals surface area (Å²) >= 11 is 0. The summed E-state index contributed by atoms with van der Waals surface area (Å²) in [6, 6.07) is 13.6. The molecule has 2 aliphatic heterocycles. The second kappa shape index (κ2) is 9.72. The van der Waals surface area contributed by atoms with Crippen LogP contribution in [0.15, 0.2) is 47.3 Å². The molecule has 0 radical (unpaired) electrons. The summed E-state index contributed by atoms with van der Waals surface area (Å²) < 4.78 is 6.83. The third kappa shape index (κ3) is 4.25. The van der Waals surface area contributed by atoms with E-state index in [9.17, 15) is 9.59 Å². The minimum atomic E-state index is -0.173. The topological polar surface area (TPSA) is 120 Å². The normalized spacial score (nSPS) is 20.4. The van der Waals surface area contributed by atoms with E-state index in [0.29, 0.717) is 29.2 Å². The van der Waals surface area contributed by atoms with Crippen LogP contribution in [0.3, 0.4) is 0 Å². The second-order valence-electron chi connectivity index (χ2n) is 11.2. The molecule has 3 heterocycles. The number of carbonyl (C=O) groups excluding carboxylic acids is 1. The van der Waals surface area contributed by atoms with Gasteiger partial charge in [-0.2, -0.15) is 4.98 Å². The van der Waals surface area contributed by atoms with E-state index < -0.39 is 0 Å². The molecule has 3 aliphatic rings. The van der Waals surface area contributed by atoms with Crippen LogP contribution in [0.25, 0.3) is 11.1 Å². The average Bonchev–Trinajstić information content (AvgIpc) is 3.22. The number of hydrogen-bond donors (Lipinski definition) is 2. The van der Waals surface area contributed by atoms with Crippen LogP contribution in [0.5, 0.6) is 5.75 Å². The van der Waals surface area contributed by atoms with E-state index in [1.165, 1.54) is 5.56 Å². The van der Waals surface area contributed by atoms with Gasteiger partial charge in [0.1, 0.15) is 11.6 Å². The number of nitrogen functional groups attached to an aromatic ring is 1. The second-order valence-corrected chi connectivity index (χ2v) is 11.2. The number of methoxy groups -OCH3 is 1. The van der Waals surface area contributed by atoms with Crippen molar-refractivity contribution in [2.75, 3.05) is 42.3 Å². The minimum Gasteiger partial charge on any atom is -0.497 e. The van der Waals surface area contributed by atoms with Gasteiger partial charge in [0.2, 0.25) is 11.9 Å². The predicted molar refractivity (Wildman–Crippen MR) is 153 cm³/mol. The Hall–Kier alpha value is -3.85. The average molecular weight is 529 g/mol. The highest BCUT2D eigenvalue weighted by Crippen LogP contribution is 2.51. The van der Waals surface area contributed by atoms with Crippen molar-refractivity contribution >= 4 is 23.4 Å². The summed E-state index contributed by atoms with van der Waals surface area (Å²) in [6.45, 7) is 2.25. The lowest BCUT2D eigenvalue weighted by atomic mass is 9.73.